The van der Waals surface area contributed by atoms with E-state index in [9.17, 15) is 0 Å². The van der Waals surface area contributed by atoms with Gasteiger partial charge in [-0.15, -0.1) is 12.4 Å². The lowest BCUT2D eigenvalue weighted by atomic mass is 10.3. The molecule has 0 aromatic heterocycles. The largest absolute Gasteiger partial charge is 0.313 e. The van der Waals surface area contributed by atoms with Crippen molar-refractivity contribution < 1.29 is 0 Å². The number of unbranched alkanes of at least 4 members (excludes halogenated alkanes) is 1. The van der Waals surface area contributed by atoms with Gasteiger partial charge in [-0.05, 0) is 6.42 Å². The summed E-state index contributed by atoms with van der Waals surface area (Å²) in [5, 5.41) is 4.50. The summed E-state index contributed by atoms with van der Waals surface area (Å²) in [6.45, 7) is 4.47. The molecular weight excluding hydrogens is 160 g/mol. The van der Waals surface area contributed by atoms with Crippen molar-refractivity contribution in [1.29, 1.82) is 0 Å². The number of rotatable bonds is 3. The van der Waals surface area contributed by atoms with E-state index in [0.29, 0.717) is 0 Å². The van der Waals surface area contributed by atoms with Gasteiger partial charge >= 0.3 is 0 Å². The van der Waals surface area contributed by atoms with Gasteiger partial charge in [0, 0.05) is 26.3 Å². The van der Waals surface area contributed by atoms with Crippen molar-refractivity contribution in [2.24, 2.45) is 0 Å². The van der Waals surface area contributed by atoms with Crippen LogP contribution in [0, 0.1) is 0 Å². The maximum Gasteiger partial charge on any atom is 0.0375 e. The van der Waals surface area contributed by atoms with Gasteiger partial charge < -0.3 is 5.01 Å². The zero-order valence-corrected chi connectivity index (χ0v) is 8.10. The molecule has 0 radical (unpaired) electrons. The number of nitrogens with zero attached hydrogens (tertiary/aromatic N) is 2. The van der Waals surface area contributed by atoms with Crippen LogP contribution in [-0.2, 0) is 0 Å². The number of hydrazine groups is 1. The highest BCUT2D eigenvalue weighted by molar-refractivity contribution is 5.85. The molecule has 1 aliphatic heterocycles. The highest BCUT2D eigenvalue weighted by atomic mass is 35.5. The van der Waals surface area contributed by atoms with Crippen LogP contribution in [0.25, 0.3) is 0 Å². The first kappa shape index (κ1) is 10.8. The molecule has 0 bridgehead atoms. The van der Waals surface area contributed by atoms with E-state index < -0.39 is 0 Å². The zero-order chi connectivity index (χ0) is 7.40. The molecule has 0 spiro atoms. The second-order valence-electron chi connectivity index (χ2n) is 2.74. The average Bonchev–Trinajstić information content (AvgIpc) is 2.31. The highest BCUT2D eigenvalue weighted by Gasteiger charge is 2.08. The first-order chi connectivity index (χ1) is 4.84. The van der Waals surface area contributed by atoms with Crippen LogP contribution in [0.15, 0.2) is 12.3 Å². The van der Waals surface area contributed by atoms with Crippen LogP contribution >= 0.6 is 12.4 Å². The number of hydrogen-bond donors (Lipinski definition) is 0. The van der Waals surface area contributed by atoms with E-state index in [0.717, 1.165) is 6.54 Å². The lowest BCUT2D eigenvalue weighted by Gasteiger charge is -2.24. The third kappa shape index (κ3) is 3.12. The number of likely N-dealkylation sites (N-methyl/N-ethyl adjacent to an activating group) is 1. The molecule has 0 aromatic carbocycles. The third-order valence-electron chi connectivity index (χ3n) is 1.83. The van der Waals surface area contributed by atoms with Crippen LogP contribution in [0.5, 0.6) is 0 Å². The fourth-order valence-electron chi connectivity index (χ4n) is 1.11. The summed E-state index contributed by atoms with van der Waals surface area (Å²) in [4.78, 5) is 0. The van der Waals surface area contributed by atoms with Gasteiger partial charge in [-0.25, -0.2) is 5.01 Å². The summed E-state index contributed by atoms with van der Waals surface area (Å²) < 4.78 is 0. The van der Waals surface area contributed by atoms with Gasteiger partial charge in [-0.1, -0.05) is 19.4 Å². The molecule has 2 nitrogen and oxygen atoms in total. The predicted molar refractivity (Wildman–Crippen MR) is 50.6 cm³/mol. The second-order valence-corrected chi connectivity index (χ2v) is 2.74. The van der Waals surface area contributed by atoms with Crippen molar-refractivity contribution in [3.63, 3.8) is 0 Å². The minimum absolute atomic E-state index is 0. The first-order valence-electron chi connectivity index (χ1n) is 3.99. The molecule has 1 heterocycles. The fraction of sp³-hybridized carbons (Fsp3) is 0.750. The van der Waals surface area contributed by atoms with Crippen LogP contribution in [0.3, 0.4) is 0 Å². The molecule has 1 rings (SSSR count). The van der Waals surface area contributed by atoms with E-state index in [1.807, 2.05) is 0 Å². The zero-order valence-electron chi connectivity index (χ0n) is 7.29. The Kier molecular flexibility index (Phi) is 5.34. The molecule has 0 atom stereocenters. The van der Waals surface area contributed by atoms with Gasteiger partial charge in [0.05, 0.1) is 0 Å². The predicted octanol–water partition coefficient (Wildman–Crippen LogP) is 1.88. The lowest BCUT2D eigenvalue weighted by Crippen LogP contribution is -2.31. The third-order valence-corrected chi connectivity index (χ3v) is 1.83. The summed E-state index contributed by atoms with van der Waals surface area (Å²) in [6.07, 6.45) is 6.91. The van der Waals surface area contributed by atoms with Crippen molar-refractivity contribution in [2.75, 3.05) is 20.1 Å². The Morgan fingerprint density at radius 1 is 1.45 bits per heavy atom. The molecule has 0 saturated heterocycles. The van der Waals surface area contributed by atoms with E-state index in [1.54, 1.807) is 0 Å². The normalized spacial score (nSPS) is 17.1. The van der Waals surface area contributed by atoms with Gasteiger partial charge in [-0.2, -0.15) is 0 Å². The maximum absolute atomic E-state index is 2.27. The van der Waals surface area contributed by atoms with Crippen LogP contribution in [0.4, 0.5) is 0 Å². The highest BCUT2D eigenvalue weighted by Crippen LogP contribution is 2.05. The Morgan fingerprint density at radius 2 is 2.18 bits per heavy atom. The number of hydrogen-bond acceptors (Lipinski definition) is 2. The smallest absolute Gasteiger partial charge is 0.0375 e. The second kappa shape index (κ2) is 5.44. The van der Waals surface area contributed by atoms with E-state index in [-0.39, 0.29) is 12.4 Å². The summed E-state index contributed by atoms with van der Waals surface area (Å²) in [5.41, 5.74) is 0. The van der Waals surface area contributed by atoms with Gasteiger partial charge in [0.2, 0.25) is 0 Å². The van der Waals surface area contributed by atoms with Gasteiger partial charge in [0.1, 0.15) is 0 Å². The van der Waals surface area contributed by atoms with Crippen molar-refractivity contribution in [3.05, 3.63) is 12.3 Å². The van der Waals surface area contributed by atoms with Crippen molar-refractivity contribution >= 4 is 12.4 Å². The Balaban J connectivity index is 0.000001000. The van der Waals surface area contributed by atoms with E-state index in [4.69, 9.17) is 0 Å². The fourth-order valence-corrected chi connectivity index (χ4v) is 1.11. The summed E-state index contributed by atoms with van der Waals surface area (Å²) >= 11 is 0. The molecule has 0 aromatic rings. The standard InChI is InChI=1S/C8H16N2.ClH/c1-3-4-7-10-8-5-6-9(10)2;/h5,8H,3-4,6-7H2,1-2H3;1H. The molecule has 0 unspecified atom stereocenters. The topological polar surface area (TPSA) is 6.48 Å². The first-order valence-corrected chi connectivity index (χ1v) is 3.99. The average molecular weight is 177 g/mol. The van der Waals surface area contributed by atoms with Crippen molar-refractivity contribution in [3.8, 4) is 0 Å². The molecule has 3 heteroatoms. The molecule has 0 aliphatic carbocycles. The Bertz CT molecular complexity index is 125. The summed E-state index contributed by atoms with van der Waals surface area (Å²) in [5.74, 6) is 0. The van der Waals surface area contributed by atoms with Crippen molar-refractivity contribution in [1.82, 2.24) is 10.0 Å². The lowest BCUT2D eigenvalue weighted by molar-refractivity contribution is 0.0826. The molecule has 1 aliphatic rings. The maximum atomic E-state index is 2.27. The quantitative estimate of drug-likeness (QED) is 0.648. The SMILES string of the molecule is CCCCN1C=CCN1C.Cl. The van der Waals surface area contributed by atoms with Crippen LogP contribution < -0.4 is 0 Å². The van der Waals surface area contributed by atoms with Crippen LogP contribution in [-0.4, -0.2) is 30.2 Å². The molecule has 0 fully saturated rings. The van der Waals surface area contributed by atoms with Gasteiger partial charge in [0.15, 0.2) is 0 Å². The molecule has 0 N–H and O–H groups in total. The van der Waals surface area contributed by atoms with Gasteiger partial charge in [0.25, 0.3) is 0 Å². The molecular formula is C8H17ClN2. The minimum atomic E-state index is 0. The molecule has 11 heavy (non-hydrogen) atoms. The Hall–Kier alpha value is -0.210. The van der Waals surface area contributed by atoms with Gasteiger partial charge in [-0.3, -0.25) is 0 Å². The monoisotopic (exact) mass is 176 g/mol. The van der Waals surface area contributed by atoms with E-state index >= 15 is 0 Å². The molecule has 66 valence electrons. The van der Waals surface area contributed by atoms with E-state index in [2.05, 4.69) is 36.3 Å². The van der Waals surface area contributed by atoms with Crippen LogP contribution in [0.1, 0.15) is 19.8 Å². The Labute approximate surface area is 75.2 Å². The van der Waals surface area contributed by atoms with Crippen LogP contribution in [0.2, 0.25) is 0 Å². The summed E-state index contributed by atoms with van der Waals surface area (Å²) in [7, 11) is 2.12. The Morgan fingerprint density at radius 3 is 2.64 bits per heavy atom. The summed E-state index contributed by atoms with van der Waals surface area (Å²) in [6, 6.07) is 0. The molecule has 0 saturated carbocycles. The van der Waals surface area contributed by atoms with Crippen molar-refractivity contribution in [2.45, 2.75) is 19.8 Å². The molecule has 0 amide bonds. The minimum Gasteiger partial charge on any atom is -0.313 e. The van der Waals surface area contributed by atoms with E-state index in [1.165, 1.54) is 19.4 Å². The number of halogens is 1.